The Balaban J connectivity index is 1.76. The minimum absolute atomic E-state index is 0.205. The molecule has 0 saturated heterocycles. The Labute approximate surface area is 141 Å². The van der Waals surface area contributed by atoms with Gasteiger partial charge in [-0.15, -0.1) is 0 Å². The van der Waals surface area contributed by atoms with Crippen LogP contribution in [0.1, 0.15) is 22.3 Å². The first-order chi connectivity index (χ1) is 11.6. The molecule has 0 radical (unpaired) electrons. The largest absolute Gasteiger partial charge is 0.489 e. The SMILES string of the molecule is O=C(OCc1cc(Cl)c2c(c1)OCCCO2)c1c(F)cccc1F. The maximum absolute atomic E-state index is 13.6. The molecular weight excluding hydrogens is 342 g/mol. The number of halogens is 3. The highest BCUT2D eigenvalue weighted by Gasteiger charge is 2.20. The number of ether oxygens (including phenoxy) is 3. The third kappa shape index (κ3) is 3.43. The fourth-order valence-corrected chi connectivity index (χ4v) is 2.57. The van der Waals surface area contributed by atoms with Crippen LogP contribution in [0, 0.1) is 11.6 Å². The number of benzene rings is 2. The van der Waals surface area contributed by atoms with E-state index in [9.17, 15) is 13.6 Å². The Bertz CT molecular complexity index is 759. The van der Waals surface area contributed by atoms with Crippen molar-refractivity contribution in [3.8, 4) is 11.5 Å². The normalized spacial score (nSPS) is 13.3. The molecule has 0 unspecified atom stereocenters. The molecule has 0 saturated carbocycles. The molecule has 0 fully saturated rings. The van der Waals surface area contributed by atoms with Crippen molar-refractivity contribution in [2.75, 3.05) is 13.2 Å². The van der Waals surface area contributed by atoms with Gasteiger partial charge in [-0.1, -0.05) is 17.7 Å². The summed E-state index contributed by atoms with van der Waals surface area (Å²) in [5.41, 5.74) is -0.202. The lowest BCUT2D eigenvalue weighted by Gasteiger charge is -2.12. The zero-order chi connectivity index (χ0) is 17.1. The highest BCUT2D eigenvalue weighted by atomic mass is 35.5. The molecule has 0 atom stereocenters. The van der Waals surface area contributed by atoms with Crippen LogP contribution in [0.15, 0.2) is 30.3 Å². The van der Waals surface area contributed by atoms with Crippen molar-refractivity contribution < 1.29 is 27.8 Å². The topological polar surface area (TPSA) is 44.8 Å². The molecule has 0 aromatic heterocycles. The van der Waals surface area contributed by atoms with Crippen molar-refractivity contribution in [3.05, 3.63) is 58.1 Å². The summed E-state index contributed by atoms with van der Waals surface area (Å²) in [6, 6.07) is 6.33. The number of esters is 1. The van der Waals surface area contributed by atoms with Crippen LogP contribution in [0.4, 0.5) is 8.78 Å². The second-order valence-corrected chi connectivity index (χ2v) is 5.54. The molecule has 2 aromatic carbocycles. The number of carbonyl (C=O) groups is 1. The lowest BCUT2D eigenvalue weighted by molar-refractivity contribution is 0.0461. The van der Waals surface area contributed by atoms with Crippen molar-refractivity contribution in [2.24, 2.45) is 0 Å². The molecule has 3 rings (SSSR count). The van der Waals surface area contributed by atoms with Crippen LogP contribution < -0.4 is 9.47 Å². The Hall–Kier alpha value is -2.34. The summed E-state index contributed by atoms with van der Waals surface area (Å²) in [4.78, 5) is 11.9. The Morgan fingerprint density at radius 2 is 1.88 bits per heavy atom. The van der Waals surface area contributed by atoms with Gasteiger partial charge in [-0.25, -0.2) is 13.6 Å². The first-order valence-electron chi connectivity index (χ1n) is 7.25. The molecule has 0 N–H and O–H groups in total. The van der Waals surface area contributed by atoms with E-state index in [4.69, 9.17) is 25.8 Å². The smallest absolute Gasteiger partial charge is 0.344 e. The summed E-state index contributed by atoms with van der Waals surface area (Å²) < 4.78 is 43.1. The van der Waals surface area contributed by atoms with Crippen molar-refractivity contribution in [1.82, 2.24) is 0 Å². The molecule has 2 aromatic rings. The highest BCUT2D eigenvalue weighted by Crippen LogP contribution is 2.38. The van der Waals surface area contributed by atoms with Gasteiger partial charge in [-0.3, -0.25) is 0 Å². The first-order valence-corrected chi connectivity index (χ1v) is 7.63. The van der Waals surface area contributed by atoms with E-state index in [0.29, 0.717) is 35.3 Å². The maximum atomic E-state index is 13.6. The zero-order valence-electron chi connectivity index (χ0n) is 12.5. The van der Waals surface area contributed by atoms with Crippen molar-refractivity contribution in [1.29, 1.82) is 0 Å². The third-order valence-corrected chi connectivity index (χ3v) is 3.68. The maximum Gasteiger partial charge on any atom is 0.344 e. The summed E-state index contributed by atoms with van der Waals surface area (Å²) in [5, 5.41) is 0.317. The van der Waals surface area contributed by atoms with E-state index in [1.807, 2.05) is 0 Å². The Morgan fingerprint density at radius 3 is 2.62 bits per heavy atom. The van der Waals surface area contributed by atoms with E-state index in [-0.39, 0.29) is 6.61 Å². The van der Waals surface area contributed by atoms with Crippen LogP contribution >= 0.6 is 11.6 Å². The fourth-order valence-electron chi connectivity index (χ4n) is 2.28. The van der Waals surface area contributed by atoms with Gasteiger partial charge >= 0.3 is 5.97 Å². The van der Waals surface area contributed by atoms with E-state index in [1.54, 1.807) is 12.1 Å². The number of fused-ring (bicyclic) bond motifs is 1. The van der Waals surface area contributed by atoms with E-state index in [2.05, 4.69) is 0 Å². The number of hydrogen-bond donors (Lipinski definition) is 0. The monoisotopic (exact) mass is 354 g/mol. The lowest BCUT2D eigenvalue weighted by Crippen LogP contribution is -2.10. The molecular formula is C17H13ClF2O4. The molecule has 0 aliphatic carbocycles. The molecule has 0 spiro atoms. The van der Waals surface area contributed by atoms with E-state index in [0.717, 1.165) is 18.6 Å². The molecule has 7 heteroatoms. The van der Waals surface area contributed by atoms with E-state index >= 15 is 0 Å². The van der Waals surface area contributed by atoms with Gasteiger partial charge in [0.1, 0.15) is 23.8 Å². The molecule has 4 nitrogen and oxygen atoms in total. The van der Waals surface area contributed by atoms with Crippen LogP contribution in [0.5, 0.6) is 11.5 Å². The van der Waals surface area contributed by atoms with E-state index < -0.39 is 23.2 Å². The Morgan fingerprint density at radius 1 is 1.17 bits per heavy atom. The molecule has 1 heterocycles. The van der Waals surface area contributed by atoms with Crippen LogP contribution in [0.2, 0.25) is 5.02 Å². The van der Waals surface area contributed by atoms with Crippen molar-refractivity contribution in [3.63, 3.8) is 0 Å². The minimum Gasteiger partial charge on any atom is -0.489 e. The summed E-state index contributed by atoms with van der Waals surface area (Å²) in [6.07, 6.45) is 0.724. The summed E-state index contributed by atoms with van der Waals surface area (Å²) in [5.74, 6) is -2.16. The third-order valence-electron chi connectivity index (χ3n) is 3.40. The highest BCUT2D eigenvalue weighted by molar-refractivity contribution is 6.32. The number of rotatable bonds is 3. The van der Waals surface area contributed by atoms with Gasteiger partial charge in [-0.2, -0.15) is 0 Å². The lowest BCUT2D eigenvalue weighted by atomic mass is 10.2. The van der Waals surface area contributed by atoms with Gasteiger partial charge < -0.3 is 14.2 Å². The summed E-state index contributed by atoms with van der Waals surface area (Å²) >= 11 is 6.14. The first kappa shape index (κ1) is 16.5. The Kier molecular flexibility index (Phi) is 4.85. The van der Waals surface area contributed by atoms with Gasteiger partial charge in [0.15, 0.2) is 11.5 Å². The average molecular weight is 355 g/mol. The van der Waals surface area contributed by atoms with Crippen LogP contribution in [0.25, 0.3) is 0 Å². The van der Waals surface area contributed by atoms with Gasteiger partial charge in [-0.05, 0) is 29.8 Å². The molecule has 1 aliphatic heterocycles. The second kappa shape index (κ2) is 7.05. The quantitative estimate of drug-likeness (QED) is 0.777. The zero-order valence-corrected chi connectivity index (χ0v) is 13.2. The second-order valence-electron chi connectivity index (χ2n) is 5.13. The van der Waals surface area contributed by atoms with Gasteiger partial charge in [0.05, 0.1) is 18.2 Å². The van der Waals surface area contributed by atoms with Crippen LogP contribution in [-0.2, 0) is 11.3 Å². The van der Waals surface area contributed by atoms with Crippen LogP contribution in [-0.4, -0.2) is 19.2 Å². The molecule has 0 bridgehead atoms. The number of hydrogen-bond acceptors (Lipinski definition) is 4. The predicted octanol–water partition coefficient (Wildman–Crippen LogP) is 4.14. The fraction of sp³-hybridized carbons (Fsp3) is 0.235. The van der Waals surface area contributed by atoms with Gasteiger partial charge in [0, 0.05) is 6.42 Å². The summed E-state index contributed by atoms with van der Waals surface area (Å²) in [6.45, 7) is 0.767. The average Bonchev–Trinajstić information content (AvgIpc) is 2.78. The number of carbonyl (C=O) groups excluding carboxylic acids is 1. The molecule has 1 aliphatic rings. The molecule has 126 valence electrons. The van der Waals surface area contributed by atoms with Crippen molar-refractivity contribution >= 4 is 17.6 Å². The minimum atomic E-state index is -1.09. The van der Waals surface area contributed by atoms with Gasteiger partial charge in [0.2, 0.25) is 0 Å². The predicted molar refractivity (Wildman–Crippen MR) is 82.5 cm³/mol. The van der Waals surface area contributed by atoms with E-state index in [1.165, 1.54) is 6.07 Å². The molecule has 24 heavy (non-hydrogen) atoms. The van der Waals surface area contributed by atoms with Crippen LogP contribution in [0.3, 0.4) is 0 Å². The molecule has 0 amide bonds. The van der Waals surface area contributed by atoms with Gasteiger partial charge in [0.25, 0.3) is 0 Å². The standard InChI is InChI=1S/C17H13ClF2O4/c18-11-7-10(8-14-16(11)23-6-2-5-22-14)9-24-17(21)15-12(19)3-1-4-13(15)20/h1,3-4,7-8H,2,5-6,9H2. The summed E-state index contributed by atoms with van der Waals surface area (Å²) in [7, 11) is 0. The van der Waals surface area contributed by atoms with Crippen molar-refractivity contribution in [2.45, 2.75) is 13.0 Å².